The minimum Gasteiger partial charge on any atom is -0.508 e. The van der Waals surface area contributed by atoms with Gasteiger partial charge in [0.05, 0.1) is 17.1 Å². The number of anilines is 1. The summed E-state index contributed by atoms with van der Waals surface area (Å²) in [6.45, 7) is 1.93. The number of nitrogens with zero attached hydrogens (tertiary/aromatic N) is 3. The molecule has 0 aliphatic carbocycles. The van der Waals surface area contributed by atoms with E-state index in [0.717, 1.165) is 27.3 Å². The van der Waals surface area contributed by atoms with Crippen LogP contribution < -0.4 is 14.9 Å². The quantitative estimate of drug-likeness (QED) is 0.669. The number of benzene rings is 2. The van der Waals surface area contributed by atoms with Crippen molar-refractivity contribution in [3.05, 3.63) is 58.2 Å². The Hall–Kier alpha value is -3.39. The van der Waals surface area contributed by atoms with E-state index >= 15 is 0 Å². The van der Waals surface area contributed by atoms with Gasteiger partial charge in [-0.05, 0) is 55.0 Å². The van der Waals surface area contributed by atoms with E-state index in [0.29, 0.717) is 11.4 Å². The molecule has 2 aromatic carbocycles. The lowest BCUT2D eigenvalue weighted by atomic mass is 10.1. The van der Waals surface area contributed by atoms with E-state index in [-0.39, 0.29) is 18.3 Å². The Labute approximate surface area is 165 Å². The lowest BCUT2D eigenvalue weighted by Crippen LogP contribution is -2.25. The number of hydrogen-bond donors (Lipinski definition) is 2. The molecule has 0 fully saturated rings. The summed E-state index contributed by atoms with van der Waals surface area (Å²) in [5.74, 6) is 0.686. The standard InChI is InChI=1S/C20H18N4O3S/c1-12(13-3-6-15(25)7-4-13)23-24-17(11-28-20(24)21-2)14-5-8-18-16(9-14)22-19(26)10-27-18/h3-9,11,25H,10H2,1-2H3,(H,22,26). The van der Waals surface area contributed by atoms with E-state index in [1.54, 1.807) is 23.9 Å². The first-order chi connectivity index (χ1) is 13.5. The highest BCUT2D eigenvalue weighted by molar-refractivity contribution is 7.07. The average molecular weight is 394 g/mol. The van der Waals surface area contributed by atoms with E-state index in [2.05, 4.69) is 10.3 Å². The number of aromatic hydroxyl groups is 1. The molecule has 1 aliphatic rings. The number of nitrogens with one attached hydrogen (secondary N) is 1. The number of ether oxygens (including phenoxy) is 1. The van der Waals surface area contributed by atoms with Crippen LogP contribution in [0.2, 0.25) is 0 Å². The summed E-state index contributed by atoms with van der Waals surface area (Å²) in [5.41, 5.74) is 4.06. The van der Waals surface area contributed by atoms with Gasteiger partial charge in [-0.25, -0.2) is 4.68 Å². The van der Waals surface area contributed by atoms with Gasteiger partial charge in [0.25, 0.3) is 5.91 Å². The highest BCUT2D eigenvalue weighted by atomic mass is 32.1. The molecular weight excluding hydrogens is 376 g/mol. The molecule has 1 aromatic heterocycles. The molecular formula is C20H18N4O3S. The number of carbonyl (C=O) groups excluding carboxylic acids is 1. The summed E-state index contributed by atoms with van der Waals surface area (Å²) in [5, 5.41) is 19.0. The van der Waals surface area contributed by atoms with Gasteiger partial charge in [0, 0.05) is 18.0 Å². The number of carbonyl (C=O) groups is 1. The molecule has 142 valence electrons. The van der Waals surface area contributed by atoms with Crippen molar-refractivity contribution < 1.29 is 14.6 Å². The molecule has 0 spiro atoms. The molecule has 4 rings (SSSR count). The van der Waals surface area contributed by atoms with E-state index in [4.69, 9.17) is 9.84 Å². The molecule has 28 heavy (non-hydrogen) atoms. The highest BCUT2D eigenvalue weighted by Crippen LogP contribution is 2.33. The first-order valence-electron chi connectivity index (χ1n) is 8.60. The van der Waals surface area contributed by atoms with E-state index in [1.807, 2.05) is 42.6 Å². The van der Waals surface area contributed by atoms with Crippen LogP contribution in [-0.2, 0) is 4.79 Å². The van der Waals surface area contributed by atoms with E-state index in [1.165, 1.54) is 11.3 Å². The Bertz CT molecular complexity index is 1140. The van der Waals surface area contributed by atoms with E-state index in [9.17, 15) is 9.90 Å². The van der Waals surface area contributed by atoms with Crippen molar-refractivity contribution in [1.29, 1.82) is 0 Å². The van der Waals surface area contributed by atoms with Crippen molar-refractivity contribution >= 4 is 28.6 Å². The van der Waals surface area contributed by atoms with Crippen LogP contribution >= 0.6 is 11.3 Å². The minimum atomic E-state index is -0.173. The monoisotopic (exact) mass is 394 g/mol. The maximum atomic E-state index is 11.6. The molecule has 0 atom stereocenters. The number of phenols is 1. The van der Waals surface area contributed by atoms with Gasteiger partial charge in [0.15, 0.2) is 6.61 Å². The van der Waals surface area contributed by atoms with Gasteiger partial charge in [0.2, 0.25) is 4.80 Å². The molecule has 0 saturated carbocycles. The Balaban J connectivity index is 1.79. The third kappa shape index (κ3) is 3.41. The fourth-order valence-electron chi connectivity index (χ4n) is 2.90. The second kappa shape index (κ2) is 7.32. The summed E-state index contributed by atoms with van der Waals surface area (Å²) in [6, 6.07) is 12.5. The normalized spacial score (nSPS) is 14.4. The number of aromatic nitrogens is 1. The van der Waals surface area contributed by atoms with Crippen LogP contribution in [0.1, 0.15) is 12.5 Å². The van der Waals surface area contributed by atoms with Crippen LogP contribution in [0.3, 0.4) is 0 Å². The van der Waals surface area contributed by atoms with Gasteiger partial charge in [-0.3, -0.25) is 9.79 Å². The predicted molar refractivity (Wildman–Crippen MR) is 109 cm³/mol. The van der Waals surface area contributed by atoms with Crippen LogP contribution in [0, 0.1) is 0 Å². The van der Waals surface area contributed by atoms with E-state index < -0.39 is 0 Å². The van der Waals surface area contributed by atoms with Gasteiger partial charge in [-0.15, -0.1) is 11.3 Å². The maximum Gasteiger partial charge on any atom is 0.262 e. The van der Waals surface area contributed by atoms with Gasteiger partial charge in [-0.2, -0.15) is 5.10 Å². The molecule has 7 nitrogen and oxygen atoms in total. The van der Waals surface area contributed by atoms with Crippen molar-refractivity contribution in [3.63, 3.8) is 0 Å². The summed E-state index contributed by atoms with van der Waals surface area (Å²) >= 11 is 1.48. The largest absolute Gasteiger partial charge is 0.508 e. The molecule has 0 saturated heterocycles. The molecule has 1 aliphatic heterocycles. The molecule has 0 unspecified atom stereocenters. The first kappa shape index (κ1) is 18.0. The Morgan fingerprint density at radius 2 is 2.04 bits per heavy atom. The second-order valence-corrected chi connectivity index (χ2v) is 7.06. The van der Waals surface area contributed by atoms with Crippen molar-refractivity contribution in [2.75, 3.05) is 19.0 Å². The van der Waals surface area contributed by atoms with Gasteiger partial charge in [-0.1, -0.05) is 0 Å². The van der Waals surface area contributed by atoms with Crippen LogP contribution in [0.25, 0.3) is 11.3 Å². The minimum absolute atomic E-state index is 0.0276. The SMILES string of the molecule is CN=c1scc(-c2ccc3c(c2)NC(=O)CO3)n1N=C(C)c1ccc(O)cc1. The number of hydrogen-bond acceptors (Lipinski definition) is 6. The fourth-order valence-corrected chi connectivity index (χ4v) is 3.70. The summed E-state index contributed by atoms with van der Waals surface area (Å²) < 4.78 is 7.21. The molecule has 8 heteroatoms. The summed E-state index contributed by atoms with van der Waals surface area (Å²) in [6.07, 6.45) is 0. The second-order valence-electron chi connectivity index (χ2n) is 6.22. The molecule has 1 amide bonds. The molecule has 3 aromatic rings. The Morgan fingerprint density at radius 3 is 2.79 bits per heavy atom. The van der Waals surface area contributed by atoms with Crippen molar-refractivity contribution in [1.82, 2.24) is 4.68 Å². The molecule has 0 bridgehead atoms. The third-order valence-corrected chi connectivity index (χ3v) is 5.23. The lowest BCUT2D eigenvalue weighted by molar-refractivity contribution is -0.118. The zero-order valence-corrected chi connectivity index (χ0v) is 16.2. The number of rotatable bonds is 3. The zero-order valence-electron chi connectivity index (χ0n) is 15.3. The van der Waals surface area contributed by atoms with Crippen LogP contribution in [0.4, 0.5) is 5.69 Å². The predicted octanol–water partition coefficient (Wildman–Crippen LogP) is 3.06. The van der Waals surface area contributed by atoms with Gasteiger partial charge < -0.3 is 15.2 Å². The number of amides is 1. The Morgan fingerprint density at radius 1 is 1.25 bits per heavy atom. The van der Waals surface area contributed by atoms with Gasteiger partial charge >= 0.3 is 0 Å². The number of thiazole rings is 1. The number of phenolic OH excluding ortho intramolecular Hbond substituents is 1. The topological polar surface area (TPSA) is 88.2 Å². The third-order valence-electron chi connectivity index (χ3n) is 4.32. The Kier molecular flexibility index (Phi) is 4.70. The highest BCUT2D eigenvalue weighted by Gasteiger charge is 2.18. The smallest absolute Gasteiger partial charge is 0.262 e. The maximum absolute atomic E-state index is 11.6. The van der Waals surface area contributed by atoms with Crippen molar-refractivity contribution in [3.8, 4) is 22.8 Å². The number of fused-ring (bicyclic) bond motifs is 1. The summed E-state index contributed by atoms with van der Waals surface area (Å²) in [7, 11) is 1.72. The molecule has 2 heterocycles. The van der Waals surface area contributed by atoms with Crippen LogP contribution in [0.15, 0.2) is 57.9 Å². The first-order valence-corrected chi connectivity index (χ1v) is 9.48. The van der Waals surface area contributed by atoms with Gasteiger partial charge in [0.1, 0.15) is 11.5 Å². The fraction of sp³-hybridized carbons (Fsp3) is 0.150. The van der Waals surface area contributed by atoms with Crippen LogP contribution in [0.5, 0.6) is 11.5 Å². The van der Waals surface area contributed by atoms with Crippen molar-refractivity contribution in [2.45, 2.75) is 6.92 Å². The average Bonchev–Trinajstić information content (AvgIpc) is 3.10. The lowest BCUT2D eigenvalue weighted by Gasteiger charge is -2.18. The van der Waals surface area contributed by atoms with Crippen LogP contribution in [-0.4, -0.2) is 35.1 Å². The molecule has 0 radical (unpaired) electrons. The van der Waals surface area contributed by atoms with Crippen molar-refractivity contribution in [2.24, 2.45) is 10.1 Å². The molecule has 2 N–H and O–H groups in total. The summed E-state index contributed by atoms with van der Waals surface area (Å²) in [4.78, 5) is 16.7. The zero-order chi connectivity index (χ0) is 19.7.